The number of aromatic nitrogens is 2. The Morgan fingerprint density at radius 3 is 1.05 bits per heavy atom. The summed E-state index contributed by atoms with van der Waals surface area (Å²) >= 11 is 0. The van der Waals surface area contributed by atoms with Gasteiger partial charge in [0.05, 0.1) is 7.85 Å². The van der Waals surface area contributed by atoms with E-state index in [2.05, 4.69) is 51.0 Å². The molecule has 0 amide bonds. The molecule has 4 rings (SSSR count). The topological polar surface area (TPSA) is 32.3 Å². The summed E-state index contributed by atoms with van der Waals surface area (Å²) in [6, 6.07) is 34.4. The molecule has 5 heteroatoms. The van der Waals surface area contributed by atoms with Crippen molar-refractivity contribution in [2.75, 3.05) is 38.0 Å². The molecule has 0 aliphatic rings. The van der Waals surface area contributed by atoms with Crippen LogP contribution in [0.1, 0.15) is 72.8 Å². The Labute approximate surface area is 269 Å². The maximum atomic E-state index is 5.14. The number of benzene rings is 3. The van der Waals surface area contributed by atoms with Crippen molar-refractivity contribution in [3.63, 3.8) is 0 Å². The van der Waals surface area contributed by atoms with E-state index in [1.807, 2.05) is 162 Å². The summed E-state index contributed by atoms with van der Waals surface area (Å²) in [5, 5.41) is 0. The van der Waals surface area contributed by atoms with Crippen molar-refractivity contribution in [2.24, 2.45) is 0 Å². The van der Waals surface area contributed by atoms with Crippen molar-refractivity contribution in [2.45, 2.75) is 81.5 Å². The molecule has 0 N–H and O–H groups in total. The molecule has 0 fully saturated rings. The van der Waals surface area contributed by atoms with E-state index in [0.29, 0.717) is 0 Å². The average Bonchev–Trinajstić information content (AvgIpc) is 3.07. The molecule has 1 heterocycles. The molecule has 1 aromatic heterocycles. The zero-order chi connectivity index (χ0) is 33.7. The number of anilines is 2. The van der Waals surface area contributed by atoms with Crippen molar-refractivity contribution in [1.82, 2.24) is 9.97 Å². The summed E-state index contributed by atoms with van der Waals surface area (Å²) in [5.41, 5.74) is 3.52. The summed E-state index contributed by atoms with van der Waals surface area (Å²) in [6.45, 7) is 18.0. The number of rotatable bonds is 4. The van der Waals surface area contributed by atoms with Crippen LogP contribution in [0.5, 0.6) is 0 Å². The number of para-hydroxylation sites is 2. The fourth-order valence-corrected chi connectivity index (χ4v) is 2.62. The molecule has 0 atom stereocenters. The van der Waals surface area contributed by atoms with Gasteiger partial charge in [0, 0.05) is 51.5 Å². The molecule has 4 aromatic rings. The molecule has 43 heavy (non-hydrogen) atoms. The fraction of sp³-hybridized carbons (Fsp3) is 0.421. The quantitative estimate of drug-likeness (QED) is 0.223. The molecular formula is C38H63BN4. The van der Waals surface area contributed by atoms with E-state index in [9.17, 15) is 0 Å². The van der Waals surface area contributed by atoms with Crippen LogP contribution in [0.4, 0.5) is 11.4 Å². The molecular weight excluding hydrogens is 523 g/mol. The van der Waals surface area contributed by atoms with Crippen LogP contribution in [0.25, 0.3) is 0 Å². The normalized spacial score (nSPS) is 8.02. The van der Waals surface area contributed by atoms with Gasteiger partial charge >= 0.3 is 0 Å². The third-order valence-electron chi connectivity index (χ3n) is 4.68. The van der Waals surface area contributed by atoms with Gasteiger partial charge in [-0.3, -0.25) is 0 Å². The van der Waals surface area contributed by atoms with E-state index < -0.39 is 0 Å². The lowest BCUT2D eigenvalue weighted by molar-refractivity contribution is 0.884. The second-order valence-corrected chi connectivity index (χ2v) is 8.50. The zero-order valence-corrected chi connectivity index (χ0v) is 29.9. The summed E-state index contributed by atoms with van der Waals surface area (Å²) in [5.74, 6) is 0.838. The van der Waals surface area contributed by atoms with Gasteiger partial charge in [-0.05, 0) is 44.2 Å². The molecule has 0 spiro atoms. The Bertz CT molecular complexity index is 906. The fourth-order valence-electron chi connectivity index (χ4n) is 2.62. The molecule has 238 valence electrons. The number of unbranched alkanes of at least 4 members (excludes halogenated alkanes) is 1. The minimum Gasteiger partial charge on any atom is -0.378 e. The lowest BCUT2D eigenvalue weighted by atomic mass is 10.0. The predicted molar refractivity (Wildman–Crippen MR) is 199 cm³/mol. The third-order valence-corrected chi connectivity index (χ3v) is 4.68. The Morgan fingerprint density at radius 2 is 0.884 bits per heavy atom. The van der Waals surface area contributed by atoms with Gasteiger partial charge in [-0.15, -0.1) is 0 Å². The maximum absolute atomic E-state index is 5.14. The van der Waals surface area contributed by atoms with Crippen LogP contribution < -0.4 is 9.80 Å². The molecule has 0 saturated carbocycles. The van der Waals surface area contributed by atoms with Crippen LogP contribution in [0.3, 0.4) is 0 Å². The highest BCUT2D eigenvalue weighted by Crippen LogP contribution is 2.08. The molecule has 0 aliphatic heterocycles. The van der Waals surface area contributed by atoms with E-state index >= 15 is 0 Å². The average molecular weight is 587 g/mol. The Hall–Kier alpha value is -3.60. The lowest BCUT2D eigenvalue weighted by Crippen LogP contribution is -2.07. The minimum absolute atomic E-state index is 0.838. The van der Waals surface area contributed by atoms with Crippen molar-refractivity contribution in [3.05, 3.63) is 121 Å². The summed E-state index contributed by atoms with van der Waals surface area (Å²) in [7, 11) is 13.3. The van der Waals surface area contributed by atoms with Gasteiger partial charge in [-0.25, -0.2) is 9.97 Å². The largest absolute Gasteiger partial charge is 0.378 e. The number of hydrogen-bond donors (Lipinski definition) is 0. The Kier molecular flexibility index (Phi) is 41.4. The molecule has 0 bridgehead atoms. The highest BCUT2D eigenvalue weighted by molar-refractivity contribution is 6.08. The first kappa shape index (κ1) is 46.4. The van der Waals surface area contributed by atoms with Crippen LogP contribution in [0.2, 0.25) is 6.32 Å². The summed E-state index contributed by atoms with van der Waals surface area (Å²) < 4.78 is 0. The van der Waals surface area contributed by atoms with Crippen molar-refractivity contribution in [1.29, 1.82) is 0 Å². The predicted octanol–water partition coefficient (Wildman–Crippen LogP) is 10.7. The first-order chi connectivity index (χ1) is 20.8. The van der Waals surface area contributed by atoms with E-state index in [1.165, 1.54) is 24.2 Å². The van der Waals surface area contributed by atoms with Crippen LogP contribution >= 0.6 is 0 Å². The molecule has 4 nitrogen and oxygen atoms in total. The zero-order valence-electron chi connectivity index (χ0n) is 29.9. The molecule has 0 aliphatic carbocycles. The Balaban J connectivity index is -0.000000214. The third kappa shape index (κ3) is 34.5. The number of nitrogens with zero attached hydrogens (tertiary/aromatic N) is 4. The lowest BCUT2D eigenvalue weighted by Gasteiger charge is -2.10. The van der Waals surface area contributed by atoms with Gasteiger partial charge < -0.3 is 9.80 Å². The highest BCUT2D eigenvalue weighted by atomic mass is 15.1. The van der Waals surface area contributed by atoms with Crippen LogP contribution in [0, 0.1) is 13.8 Å². The van der Waals surface area contributed by atoms with Gasteiger partial charge in [-0.1, -0.05) is 140 Å². The molecule has 2 radical (unpaired) electrons. The van der Waals surface area contributed by atoms with Crippen LogP contribution in [0.15, 0.2) is 109 Å². The monoisotopic (exact) mass is 587 g/mol. The van der Waals surface area contributed by atoms with Gasteiger partial charge in [-0.2, -0.15) is 0 Å². The van der Waals surface area contributed by atoms with E-state index in [1.54, 1.807) is 6.20 Å². The molecule has 3 aromatic carbocycles. The molecule has 0 saturated heterocycles. The van der Waals surface area contributed by atoms with Crippen molar-refractivity contribution in [3.8, 4) is 0 Å². The van der Waals surface area contributed by atoms with Crippen molar-refractivity contribution < 1.29 is 0 Å². The standard InChI is InChI=1S/2C8H11N.C6H8N2.C6H6.C4H9B.3C2H6/c2*1-9(2)8-6-4-3-5-7-8;1-5-3-4-7-6(2)8-5;1-2-4-6-5-3-1;1-2-3-4-5;3*1-2/h2*3-7H,1-2H3;3-4H,1-2H3;1-6H;2-4H2,1H3;3*1-2H3. The van der Waals surface area contributed by atoms with E-state index in [0.717, 1.165) is 17.8 Å². The van der Waals surface area contributed by atoms with Gasteiger partial charge in [0.1, 0.15) is 5.82 Å². The summed E-state index contributed by atoms with van der Waals surface area (Å²) in [4.78, 5) is 12.2. The number of aryl methyl sites for hydroxylation is 2. The summed E-state index contributed by atoms with van der Waals surface area (Å²) in [6.07, 6.45) is 4.99. The van der Waals surface area contributed by atoms with E-state index in [4.69, 9.17) is 7.85 Å². The van der Waals surface area contributed by atoms with E-state index in [-0.39, 0.29) is 0 Å². The maximum Gasteiger partial charge on any atom is 0.125 e. The first-order valence-corrected chi connectivity index (χ1v) is 15.7. The minimum atomic E-state index is 0.838. The second kappa shape index (κ2) is 38.4. The van der Waals surface area contributed by atoms with Crippen LogP contribution in [-0.4, -0.2) is 46.0 Å². The smallest absolute Gasteiger partial charge is 0.125 e. The van der Waals surface area contributed by atoms with Gasteiger partial charge in [0.15, 0.2) is 0 Å². The van der Waals surface area contributed by atoms with Gasteiger partial charge in [0.25, 0.3) is 0 Å². The number of hydrogen-bond acceptors (Lipinski definition) is 4. The molecule has 0 unspecified atom stereocenters. The highest BCUT2D eigenvalue weighted by Gasteiger charge is 1.88. The second-order valence-electron chi connectivity index (χ2n) is 8.50. The van der Waals surface area contributed by atoms with Gasteiger partial charge in [0.2, 0.25) is 0 Å². The van der Waals surface area contributed by atoms with Crippen LogP contribution in [-0.2, 0) is 0 Å². The first-order valence-electron chi connectivity index (χ1n) is 15.7. The SMILES string of the molecule is CC.CC.CC.CN(C)c1ccccc1.CN(C)c1ccccc1.Cc1ccnc(C)n1.[B]CCCC.c1ccccc1. The Morgan fingerprint density at radius 1 is 0.558 bits per heavy atom. The van der Waals surface area contributed by atoms with Crippen molar-refractivity contribution >= 4 is 19.2 Å².